The number of hydrogen-bond acceptors (Lipinski definition) is 4. The van der Waals surface area contributed by atoms with Crippen molar-refractivity contribution in [1.29, 1.82) is 0 Å². The van der Waals surface area contributed by atoms with E-state index in [4.69, 9.17) is 0 Å². The summed E-state index contributed by atoms with van der Waals surface area (Å²) in [6, 6.07) is 45.3. The third-order valence-electron chi connectivity index (χ3n) is 8.54. The highest BCUT2D eigenvalue weighted by atomic mass is 32.2. The lowest BCUT2D eigenvalue weighted by molar-refractivity contribution is 1.72. The van der Waals surface area contributed by atoms with Crippen LogP contribution in [0.15, 0.2) is 121 Å². The summed E-state index contributed by atoms with van der Waals surface area (Å²) in [5.74, 6) is 0. The van der Waals surface area contributed by atoms with E-state index in [9.17, 15) is 0 Å². The van der Waals surface area contributed by atoms with Crippen LogP contribution in [-0.4, -0.2) is 0 Å². The molecule has 10 aromatic rings. The topological polar surface area (TPSA) is 0 Å². The summed E-state index contributed by atoms with van der Waals surface area (Å²) in [6.07, 6.45) is 0. The molecule has 6 aromatic carbocycles. The maximum absolute atomic E-state index is 2.40. The molecule has 4 heterocycles. The quantitative estimate of drug-likeness (QED) is 0.184. The first kappa shape index (κ1) is 23.5. The smallest absolute Gasteiger partial charge is 0.0890 e. The average molecular weight is 605 g/mol. The summed E-state index contributed by atoms with van der Waals surface area (Å²) in [4.78, 5) is 0. The van der Waals surface area contributed by atoms with Crippen LogP contribution in [0, 0.1) is 0 Å². The van der Waals surface area contributed by atoms with Gasteiger partial charge in [0.2, 0.25) is 0 Å². The Bertz CT molecular complexity index is 2690. The molecule has 42 heavy (non-hydrogen) atoms. The molecule has 0 nitrogen and oxygen atoms in total. The van der Waals surface area contributed by atoms with Crippen LogP contribution in [0.1, 0.15) is 0 Å². The van der Waals surface area contributed by atoms with E-state index in [1.165, 1.54) is 92.2 Å². The van der Waals surface area contributed by atoms with Crippen molar-refractivity contribution in [2.45, 2.75) is 0 Å². The number of hydrogen-bond donors (Lipinski definition) is 0. The second kappa shape index (κ2) is 8.73. The molecule has 4 heteroatoms. The van der Waals surface area contributed by atoms with Crippen LogP contribution in [0.3, 0.4) is 0 Å². The molecule has 0 bridgehead atoms. The Hall–Kier alpha value is -4.06. The summed E-state index contributed by atoms with van der Waals surface area (Å²) in [5.41, 5.74) is 5.23. The second-order valence-electron chi connectivity index (χ2n) is 10.8. The molecule has 0 fully saturated rings. The van der Waals surface area contributed by atoms with E-state index in [0.29, 0.717) is 0 Å². The number of rotatable bonds is 2. The first-order valence-electron chi connectivity index (χ1n) is 14.0. The van der Waals surface area contributed by atoms with Gasteiger partial charge >= 0.3 is 0 Å². The molecule has 0 amide bonds. The largest absolute Gasteiger partial charge is 0.135 e. The van der Waals surface area contributed by atoms with E-state index < -0.39 is 0 Å². The molecule has 0 unspecified atom stereocenters. The molecule has 0 aliphatic rings. The van der Waals surface area contributed by atoms with Gasteiger partial charge in [-0.25, -0.2) is 0 Å². The first-order chi connectivity index (χ1) is 20.8. The number of thiophene rings is 4. The fraction of sp³-hybridized carbons (Fsp3) is 0. The minimum atomic E-state index is 1.28. The lowest BCUT2D eigenvalue weighted by Crippen LogP contribution is -1.80. The highest BCUT2D eigenvalue weighted by molar-refractivity contribution is 7.44. The van der Waals surface area contributed by atoms with Gasteiger partial charge in [-0.3, -0.25) is 0 Å². The molecule has 0 atom stereocenters. The third-order valence-corrected chi connectivity index (χ3v) is 13.4. The molecule has 0 radical (unpaired) electrons. The Morgan fingerprint density at radius 2 is 0.881 bits per heavy atom. The minimum absolute atomic E-state index is 1.28. The normalized spacial score (nSPS) is 12.3. The molecule has 0 saturated carbocycles. The molecule has 0 aliphatic carbocycles. The van der Waals surface area contributed by atoms with Crippen molar-refractivity contribution in [3.05, 3.63) is 121 Å². The maximum atomic E-state index is 2.40. The SMILES string of the molecule is c1ccc2c(c1)sc1ccc(-c3ccc4sc5c(-c6cccc7c6sc6sc8ccccc8c67)cccc5c4c3)cc12. The lowest BCUT2D eigenvalue weighted by Gasteiger charge is -2.06. The Labute approximate surface area is 257 Å². The molecule has 0 aliphatic heterocycles. The van der Waals surface area contributed by atoms with Crippen LogP contribution in [0.2, 0.25) is 0 Å². The van der Waals surface area contributed by atoms with Gasteiger partial charge in [-0.2, -0.15) is 0 Å². The predicted molar refractivity (Wildman–Crippen MR) is 191 cm³/mol. The lowest BCUT2D eigenvalue weighted by atomic mass is 9.98. The summed E-state index contributed by atoms with van der Waals surface area (Å²) in [5, 5.41) is 9.56. The zero-order valence-electron chi connectivity index (χ0n) is 22.2. The van der Waals surface area contributed by atoms with Gasteiger partial charge in [-0.1, -0.05) is 84.9 Å². The molecular weight excluding hydrogens is 585 g/mol. The van der Waals surface area contributed by atoms with Crippen LogP contribution in [0.5, 0.6) is 0 Å². The Morgan fingerprint density at radius 3 is 1.64 bits per heavy atom. The van der Waals surface area contributed by atoms with Crippen molar-refractivity contribution in [3.8, 4) is 22.3 Å². The van der Waals surface area contributed by atoms with Crippen molar-refractivity contribution in [1.82, 2.24) is 0 Å². The van der Waals surface area contributed by atoms with Gasteiger partial charge in [0.15, 0.2) is 0 Å². The highest BCUT2D eigenvalue weighted by Gasteiger charge is 2.18. The van der Waals surface area contributed by atoms with Gasteiger partial charge in [-0.15, -0.1) is 45.3 Å². The fourth-order valence-electron chi connectivity index (χ4n) is 6.59. The maximum Gasteiger partial charge on any atom is 0.0890 e. The Kier molecular flexibility index (Phi) is 4.88. The van der Waals surface area contributed by atoms with E-state index in [1.807, 2.05) is 45.3 Å². The number of fused-ring (bicyclic) bond motifs is 11. The summed E-state index contributed by atoms with van der Waals surface area (Å²) in [7, 11) is 0. The van der Waals surface area contributed by atoms with E-state index >= 15 is 0 Å². The van der Waals surface area contributed by atoms with Crippen molar-refractivity contribution in [3.63, 3.8) is 0 Å². The highest BCUT2D eigenvalue weighted by Crippen LogP contribution is 2.49. The molecule has 0 saturated heterocycles. The molecule has 0 spiro atoms. The molecule has 0 N–H and O–H groups in total. The van der Waals surface area contributed by atoms with Crippen molar-refractivity contribution in [2.24, 2.45) is 0 Å². The molecule has 4 aromatic heterocycles. The average Bonchev–Trinajstić information content (AvgIpc) is 3.78. The predicted octanol–water partition coefficient (Wildman–Crippen LogP) is 13.3. The van der Waals surface area contributed by atoms with Crippen molar-refractivity contribution < 1.29 is 0 Å². The van der Waals surface area contributed by atoms with Crippen molar-refractivity contribution in [2.75, 3.05) is 0 Å². The standard InChI is InChI=1S/C38H20S4/c1-3-13-31-23(7-1)29-19-21(15-17-33(29)39-31)22-16-18-34-30(20-22)26-11-5-9-24(36(26)40-34)25-10-6-12-28-35-27-8-2-4-14-32(27)41-38(35)42-37(25)28/h1-20H. The third kappa shape index (κ3) is 3.26. The van der Waals surface area contributed by atoms with E-state index in [1.54, 1.807) is 0 Å². The van der Waals surface area contributed by atoms with E-state index in [2.05, 4.69) is 121 Å². The van der Waals surface area contributed by atoms with Crippen LogP contribution in [-0.2, 0) is 0 Å². The monoisotopic (exact) mass is 604 g/mol. The van der Waals surface area contributed by atoms with Gasteiger partial charge in [0.05, 0.1) is 4.01 Å². The van der Waals surface area contributed by atoms with Crippen molar-refractivity contribution >= 4 is 115 Å². The molecular formula is C38H20S4. The van der Waals surface area contributed by atoms with Gasteiger partial charge in [0.1, 0.15) is 0 Å². The minimum Gasteiger partial charge on any atom is -0.135 e. The van der Waals surface area contributed by atoms with Gasteiger partial charge in [0.25, 0.3) is 0 Å². The molecule has 10 rings (SSSR count). The summed E-state index contributed by atoms with van der Waals surface area (Å²) < 4.78 is 9.60. The Balaban J connectivity index is 1.17. The summed E-state index contributed by atoms with van der Waals surface area (Å²) >= 11 is 7.67. The Morgan fingerprint density at radius 1 is 0.333 bits per heavy atom. The van der Waals surface area contributed by atoms with Crippen LogP contribution in [0.4, 0.5) is 0 Å². The zero-order valence-corrected chi connectivity index (χ0v) is 25.4. The second-order valence-corrected chi connectivity index (χ2v) is 15.3. The molecule has 196 valence electrons. The van der Waals surface area contributed by atoms with Crippen LogP contribution < -0.4 is 0 Å². The zero-order chi connectivity index (χ0) is 27.4. The number of benzene rings is 6. The van der Waals surface area contributed by atoms with Crippen LogP contribution in [0.25, 0.3) is 92.2 Å². The fourth-order valence-corrected chi connectivity index (χ4v) is 11.6. The first-order valence-corrected chi connectivity index (χ1v) is 17.3. The van der Waals surface area contributed by atoms with E-state index in [-0.39, 0.29) is 0 Å². The van der Waals surface area contributed by atoms with Gasteiger partial charge in [0, 0.05) is 77.0 Å². The van der Waals surface area contributed by atoms with Gasteiger partial charge < -0.3 is 0 Å². The van der Waals surface area contributed by atoms with Gasteiger partial charge in [-0.05, 0) is 47.5 Å². The summed E-state index contributed by atoms with van der Waals surface area (Å²) in [6.45, 7) is 0. The van der Waals surface area contributed by atoms with Crippen LogP contribution >= 0.6 is 45.3 Å². The van der Waals surface area contributed by atoms with E-state index in [0.717, 1.165) is 0 Å².